The molecule has 3 fully saturated rings. The predicted molar refractivity (Wildman–Crippen MR) is 137 cm³/mol. The Hall–Kier alpha value is -1.93. The van der Waals surface area contributed by atoms with Gasteiger partial charge in [0.25, 0.3) is 0 Å². The molecule has 7 nitrogen and oxygen atoms in total. The Balaban J connectivity index is 1.26. The van der Waals surface area contributed by atoms with E-state index in [0.717, 1.165) is 49.6 Å². The van der Waals surface area contributed by atoms with E-state index in [1.54, 1.807) is 5.57 Å². The smallest absolute Gasteiger partial charge is 0.332 e. The van der Waals surface area contributed by atoms with Gasteiger partial charge in [-0.2, -0.15) is 5.10 Å². The first kappa shape index (κ1) is 22.5. The minimum absolute atomic E-state index is 0.0845. The third kappa shape index (κ3) is 3.51. The van der Waals surface area contributed by atoms with E-state index in [1.807, 2.05) is 11.3 Å². The summed E-state index contributed by atoms with van der Waals surface area (Å²) in [6.45, 7) is 7.16. The Morgan fingerprint density at radius 2 is 1.94 bits per heavy atom. The van der Waals surface area contributed by atoms with Crippen molar-refractivity contribution in [2.24, 2.45) is 39.4 Å². The molecule has 0 bridgehead atoms. The first-order valence-corrected chi connectivity index (χ1v) is 14.0. The lowest BCUT2D eigenvalue weighted by Crippen LogP contribution is -2.49. The number of rotatable bonds is 3. The van der Waals surface area contributed by atoms with Crippen molar-refractivity contribution in [2.45, 2.75) is 78.1 Å². The molecule has 2 heterocycles. The molecule has 5 aliphatic rings. The van der Waals surface area contributed by atoms with Gasteiger partial charge >= 0.3 is 6.03 Å². The summed E-state index contributed by atoms with van der Waals surface area (Å²) in [5.41, 5.74) is 15.8. The fourth-order valence-corrected chi connectivity index (χ4v) is 9.38. The number of hydrazine groups is 1. The molecule has 8 heteroatoms. The van der Waals surface area contributed by atoms with Crippen LogP contribution in [0.2, 0.25) is 0 Å². The van der Waals surface area contributed by atoms with Gasteiger partial charge < -0.3 is 5.73 Å². The van der Waals surface area contributed by atoms with Crippen LogP contribution in [0, 0.1) is 28.6 Å². The average molecular weight is 483 g/mol. The molecular weight excluding hydrogens is 444 g/mol. The van der Waals surface area contributed by atoms with Crippen LogP contribution in [-0.4, -0.2) is 34.8 Å². The molecule has 0 aromatic carbocycles. The summed E-state index contributed by atoms with van der Waals surface area (Å²) in [7, 11) is 0. The summed E-state index contributed by atoms with van der Waals surface area (Å²) in [6.07, 6.45) is 14.4. The van der Waals surface area contributed by atoms with Crippen molar-refractivity contribution in [3.63, 3.8) is 0 Å². The highest BCUT2D eigenvalue weighted by atomic mass is 32.1. The number of fused-ring (bicyclic) bond motifs is 7. The Morgan fingerprint density at radius 1 is 1.15 bits per heavy atom. The minimum atomic E-state index is -0.567. The molecule has 4 aliphatic carbocycles. The van der Waals surface area contributed by atoms with E-state index in [4.69, 9.17) is 10.7 Å². The Morgan fingerprint density at radius 3 is 2.74 bits per heavy atom. The number of primary amides is 1. The number of anilines is 1. The zero-order chi connectivity index (χ0) is 23.5. The van der Waals surface area contributed by atoms with E-state index in [0.29, 0.717) is 17.8 Å². The number of hydrazone groups is 1. The number of carbonyl (C=O) groups is 1. The summed E-state index contributed by atoms with van der Waals surface area (Å²) in [4.78, 5) is 17.7. The molecule has 4 N–H and O–H groups in total. The molecule has 0 unspecified atom stereocenters. The fourth-order valence-electron chi connectivity index (χ4n) is 8.16. The monoisotopic (exact) mass is 482 g/mol. The SMILES string of the molecule is C[C@]12CCc3nc(NN4CCCCC4)sc3C1=CC[C@@H]1[C@@H]2CC[C@]2(C)/C(=N/NC(N)=O)CC[C@@H]12. The van der Waals surface area contributed by atoms with Crippen LogP contribution < -0.4 is 16.6 Å². The van der Waals surface area contributed by atoms with E-state index in [1.165, 1.54) is 49.1 Å². The summed E-state index contributed by atoms with van der Waals surface area (Å²) in [5.74, 6) is 2.03. The van der Waals surface area contributed by atoms with Crippen LogP contribution in [0.25, 0.3) is 5.57 Å². The van der Waals surface area contributed by atoms with Crippen LogP contribution in [0.1, 0.15) is 82.2 Å². The second kappa shape index (κ2) is 8.33. The summed E-state index contributed by atoms with van der Waals surface area (Å²) < 4.78 is 0. The number of aryl methyl sites for hydroxylation is 1. The highest BCUT2D eigenvalue weighted by Crippen LogP contribution is 2.65. The first-order valence-electron chi connectivity index (χ1n) is 13.2. The molecule has 184 valence electrons. The number of piperidine rings is 1. The van der Waals surface area contributed by atoms with Gasteiger partial charge in [-0.3, -0.25) is 5.43 Å². The zero-order valence-electron chi connectivity index (χ0n) is 20.5. The summed E-state index contributed by atoms with van der Waals surface area (Å²) >= 11 is 1.88. The Bertz CT molecular complexity index is 1040. The van der Waals surface area contributed by atoms with Crippen molar-refractivity contribution >= 4 is 33.8 Å². The number of aromatic nitrogens is 1. The van der Waals surface area contributed by atoms with Crippen molar-refractivity contribution < 1.29 is 4.79 Å². The van der Waals surface area contributed by atoms with Crippen molar-refractivity contribution in [3.05, 3.63) is 16.6 Å². The van der Waals surface area contributed by atoms with Gasteiger partial charge in [-0.1, -0.05) is 37.7 Å². The van der Waals surface area contributed by atoms with Crippen molar-refractivity contribution in [3.8, 4) is 0 Å². The van der Waals surface area contributed by atoms with Gasteiger partial charge in [-0.15, -0.1) is 0 Å². The molecule has 1 aromatic rings. The number of nitrogens with two attached hydrogens (primary N) is 1. The molecular formula is C26H38N6OS. The number of hydrogen-bond acceptors (Lipinski definition) is 6. The van der Waals surface area contributed by atoms with Crippen molar-refractivity contribution in [1.29, 1.82) is 0 Å². The Kier molecular flexibility index (Phi) is 5.52. The van der Waals surface area contributed by atoms with E-state index < -0.39 is 6.03 Å². The van der Waals surface area contributed by atoms with E-state index >= 15 is 0 Å². The molecule has 0 spiro atoms. The predicted octanol–water partition coefficient (Wildman–Crippen LogP) is 5.16. The number of amides is 2. The molecule has 1 aromatic heterocycles. The number of hydrogen-bond donors (Lipinski definition) is 3. The molecule has 2 amide bonds. The highest BCUT2D eigenvalue weighted by Gasteiger charge is 2.58. The highest BCUT2D eigenvalue weighted by molar-refractivity contribution is 7.16. The first-order chi connectivity index (χ1) is 16.4. The second-order valence-corrected chi connectivity index (χ2v) is 12.6. The quantitative estimate of drug-likeness (QED) is 0.518. The zero-order valence-corrected chi connectivity index (χ0v) is 21.3. The van der Waals surface area contributed by atoms with Gasteiger partial charge in [0, 0.05) is 24.2 Å². The third-order valence-electron chi connectivity index (χ3n) is 9.94. The van der Waals surface area contributed by atoms with Crippen LogP contribution in [0.3, 0.4) is 0 Å². The largest absolute Gasteiger partial charge is 0.350 e. The standard InChI is InChI=1S/C26H38N6OS/c1-25-13-11-20-22(34-24(28-20)31-32-14-4-3-5-15-32)19(25)7-6-16-17-8-9-21(29-30-23(27)33)26(17,2)12-10-18(16)25/h7,16-18H,3-6,8-15H2,1-2H3,(H,28,31)(H3,27,30,33)/b29-21+/t16-,17-,18-,25+,26-/m0/s1. The number of urea groups is 1. The fraction of sp³-hybridized carbons (Fsp3) is 0.731. The number of nitrogens with zero attached hydrogens (tertiary/aromatic N) is 3. The summed E-state index contributed by atoms with van der Waals surface area (Å²) in [5, 5.41) is 7.89. The minimum Gasteiger partial charge on any atom is -0.350 e. The van der Waals surface area contributed by atoms with Gasteiger partial charge in [-0.25, -0.2) is 20.2 Å². The van der Waals surface area contributed by atoms with Gasteiger partial charge in [0.05, 0.1) is 10.6 Å². The van der Waals surface area contributed by atoms with Crippen molar-refractivity contribution in [2.75, 3.05) is 18.5 Å². The van der Waals surface area contributed by atoms with E-state index in [-0.39, 0.29) is 10.8 Å². The molecule has 34 heavy (non-hydrogen) atoms. The molecule has 6 rings (SSSR count). The van der Waals surface area contributed by atoms with E-state index in [9.17, 15) is 4.79 Å². The number of allylic oxidation sites excluding steroid dienone is 2. The average Bonchev–Trinajstić information content (AvgIpc) is 3.38. The lowest BCUT2D eigenvalue weighted by atomic mass is 9.48. The summed E-state index contributed by atoms with van der Waals surface area (Å²) in [6, 6.07) is -0.567. The molecule has 2 saturated carbocycles. The lowest BCUT2D eigenvalue weighted by molar-refractivity contribution is 0.0116. The van der Waals surface area contributed by atoms with E-state index in [2.05, 4.69) is 40.9 Å². The van der Waals surface area contributed by atoms with Gasteiger partial charge in [0.15, 0.2) is 5.13 Å². The van der Waals surface area contributed by atoms with Crippen molar-refractivity contribution in [1.82, 2.24) is 15.4 Å². The molecule has 1 saturated heterocycles. The van der Waals surface area contributed by atoms with Crippen LogP contribution in [0.4, 0.5) is 9.93 Å². The van der Waals surface area contributed by atoms with Gasteiger partial charge in [-0.05, 0) is 86.5 Å². The molecule has 5 atom stereocenters. The maximum Gasteiger partial charge on any atom is 0.332 e. The normalized spacial score (nSPS) is 38.4. The topological polar surface area (TPSA) is 95.6 Å². The van der Waals surface area contributed by atoms with Crippen LogP contribution in [0.5, 0.6) is 0 Å². The van der Waals surface area contributed by atoms with Crippen LogP contribution >= 0.6 is 11.3 Å². The number of carbonyl (C=O) groups excluding carboxylic acids is 1. The molecule has 1 aliphatic heterocycles. The van der Waals surface area contributed by atoms with Gasteiger partial charge in [0.1, 0.15) is 0 Å². The lowest BCUT2D eigenvalue weighted by Gasteiger charge is -2.56. The van der Waals surface area contributed by atoms with Crippen LogP contribution in [0.15, 0.2) is 11.2 Å². The molecule has 0 radical (unpaired) electrons. The maximum atomic E-state index is 11.2. The van der Waals surface area contributed by atoms with Gasteiger partial charge in [0.2, 0.25) is 0 Å². The Labute approximate surface area is 206 Å². The van der Waals surface area contributed by atoms with Crippen LogP contribution in [-0.2, 0) is 6.42 Å². The number of nitrogens with one attached hydrogen (secondary N) is 2. The number of thiazole rings is 1. The third-order valence-corrected chi connectivity index (χ3v) is 11.0. The maximum absolute atomic E-state index is 11.2. The second-order valence-electron chi connectivity index (χ2n) is 11.6.